The number of nitrogens with zero attached hydrogens (tertiary/aromatic N) is 1. The van der Waals surface area contributed by atoms with E-state index in [4.69, 9.17) is 4.74 Å². The van der Waals surface area contributed by atoms with Crippen LogP contribution >= 0.6 is 0 Å². The van der Waals surface area contributed by atoms with E-state index in [-0.39, 0.29) is 6.10 Å². The van der Waals surface area contributed by atoms with Crippen LogP contribution in [0.25, 0.3) is 0 Å². The van der Waals surface area contributed by atoms with E-state index in [1.807, 2.05) is 0 Å². The Bertz CT molecular complexity index is 332. The molecule has 1 rings (SSSR count). The fourth-order valence-corrected chi connectivity index (χ4v) is 2.87. The molecule has 1 saturated heterocycles. The second kappa shape index (κ2) is 5.67. The maximum Gasteiger partial charge on any atom is 0.211 e. The average Bonchev–Trinajstić information content (AvgIpc) is 2.15. The molecule has 1 aliphatic rings. The summed E-state index contributed by atoms with van der Waals surface area (Å²) in [6, 6.07) is 0. The molecule has 0 N–H and O–H groups in total. The SMILES string of the molecule is CC(C)(C)CCCC1CN(S(C)(=O)=O)CCO1. The molecule has 1 aliphatic heterocycles. The van der Waals surface area contributed by atoms with Gasteiger partial charge in [-0.15, -0.1) is 0 Å². The van der Waals surface area contributed by atoms with Crippen molar-refractivity contribution in [2.24, 2.45) is 5.41 Å². The van der Waals surface area contributed by atoms with Gasteiger partial charge in [0.25, 0.3) is 0 Å². The highest BCUT2D eigenvalue weighted by Crippen LogP contribution is 2.23. The van der Waals surface area contributed by atoms with Gasteiger partial charge in [0.05, 0.1) is 19.0 Å². The average molecular weight is 263 g/mol. The second-order valence-electron chi connectivity index (χ2n) is 6.07. The highest BCUT2D eigenvalue weighted by molar-refractivity contribution is 7.88. The first-order valence-electron chi connectivity index (χ1n) is 6.25. The zero-order chi connectivity index (χ0) is 13.1. The molecule has 102 valence electrons. The molecule has 0 aromatic carbocycles. The van der Waals surface area contributed by atoms with Gasteiger partial charge in [-0.3, -0.25) is 0 Å². The van der Waals surface area contributed by atoms with Crippen LogP contribution in [0.1, 0.15) is 40.0 Å². The molecule has 1 fully saturated rings. The van der Waals surface area contributed by atoms with Gasteiger partial charge in [0.1, 0.15) is 0 Å². The van der Waals surface area contributed by atoms with Gasteiger partial charge in [0, 0.05) is 13.1 Å². The van der Waals surface area contributed by atoms with Crippen LogP contribution in [-0.2, 0) is 14.8 Å². The zero-order valence-electron chi connectivity index (χ0n) is 11.4. The van der Waals surface area contributed by atoms with Crippen molar-refractivity contribution in [1.29, 1.82) is 0 Å². The molecule has 17 heavy (non-hydrogen) atoms. The Kier molecular flexibility index (Phi) is 4.98. The first kappa shape index (κ1) is 14.9. The van der Waals surface area contributed by atoms with Gasteiger partial charge in [-0.25, -0.2) is 8.42 Å². The summed E-state index contributed by atoms with van der Waals surface area (Å²) < 4.78 is 30.0. The second-order valence-corrected chi connectivity index (χ2v) is 8.05. The maximum absolute atomic E-state index is 11.4. The normalized spacial score (nSPS) is 23.9. The zero-order valence-corrected chi connectivity index (χ0v) is 12.2. The van der Waals surface area contributed by atoms with Gasteiger partial charge in [-0.2, -0.15) is 4.31 Å². The number of sulfonamides is 1. The van der Waals surface area contributed by atoms with Crippen molar-refractivity contribution in [3.8, 4) is 0 Å². The quantitative estimate of drug-likeness (QED) is 0.778. The van der Waals surface area contributed by atoms with Crippen LogP contribution in [0, 0.1) is 5.41 Å². The number of hydrogen-bond donors (Lipinski definition) is 0. The summed E-state index contributed by atoms with van der Waals surface area (Å²) in [7, 11) is -3.06. The Morgan fingerprint density at radius 2 is 2.00 bits per heavy atom. The van der Waals surface area contributed by atoms with E-state index in [1.165, 1.54) is 10.6 Å². The Morgan fingerprint density at radius 1 is 1.35 bits per heavy atom. The fourth-order valence-electron chi connectivity index (χ4n) is 2.03. The van der Waals surface area contributed by atoms with Crippen molar-refractivity contribution in [1.82, 2.24) is 4.31 Å². The van der Waals surface area contributed by atoms with Crippen LogP contribution in [-0.4, -0.2) is 44.8 Å². The lowest BCUT2D eigenvalue weighted by atomic mass is 9.89. The summed E-state index contributed by atoms with van der Waals surface area (Å²) in [4.78, 5) is 0. The number of hydrogen-bond acceptors (Lipinski definition) is 3. The molecule has 0 radical (unpaired) electrons. The molecule has 1 unspecified atom stereocenters. The number of ether oxygens (including phenoxy) is 1. The molecule has 4 nitrogen and oxygen atoms in total. The predicted molar refractivity (Wildman–Crippen MR) is 69.5 cm³/mol. The monoisotopic (exact) mass is 263 g/mol. The van der Waals surface area contributed by atoms with Crippen molar-refractivity contribution in [2.75, 3.05) is 26.0 Å². The Balaban J connectivity index is 2.36. The van der Waals surface area contributed by atoms with Crippen molar-refractivity contribution in [3.05, 3.63) is 0 Å². The van der Waals surface area contributed by atoms with E-state index in [9.17, 15) is 8.42 Å². The molecule has 0 saturated carbocycles. The van der Waals surface area contributed by atoms with Crippen molar-refractivity contribution in [3.63, 3.8) is 0 Å². The van der Waals surface area contributed by atoms with Crippen molar-refractivity contribution in [2.45, 2.75) is 46.1 Å². The molecule has 1 atom stereocenters. The first-order chi connectivity index (χ1) is 7.68. The standard InChI is InChI=1S/C12H25NO3S/c1-12(2,3)7-5-6-11-10-13(8-9-16-11)17(4,14)15/h11H,5-10H2,1-4H3. The fraction of sp³-hybridized carbons (Fsp3) is 1.00. The van der Waals surface area contributed by atoms with Gasteiger partial charge >= 0.3 is 0 Å². The first-order valence-corrected chi connectivity index (χ1v) is 8.10. The summed E-state index contributed by atoms with van der Waals surface area (Å²) in [5.41, 5.74) is 0.338. The van der Waals surface area contributed by atoms with Crippen LogP contribution in [0.15, 0.2) is 0 Å². The van der Waals surface area contributed by atoms with E-state index in [0.717, 1.165) is 19.3 Å². The summed E-state index contributed by atoms with van der Waals surface area (Å²) in [6.07, 6.45) is 4.52. The topological polar surface area (TPSA) is 46.6 Å². The molecule has 0 bridgehead atoms. The van der Waals surface area contributed by atoms with E-state index >= 15 is 0 Å². The minimum atomic E-state index is -3.06. The smallest absolute Gasteiger partial charge is 0.211 e. The molecule has 0 amide bonds. The van der Waals surface area contributed by atoms with Crippen LogP contribution in [0.2, 0.25) is 0 Å². The minimum Gasteiger partial charge on any atom is -0.375 e. The predicted octanol–water partition coefficient (Wildman–Crippen LogP) is 1.86. The molecular formula is C12H25NO3S. The third-order valence-electron chi connectivity index (χ3n) is 3.02. The van der Waals surface area contributed by atoms with Crippen molar-refractivity contribution < 1.29 is 13.2 Å². The largest absolute Gasteiger partial charge is 0.375 e. The Morgan fingerprint density at radius 3 is 2.53 bits per heavy atom. The Labute approximate surface area is 105 Å². The summed E-state index contributed by atoms with van der Waals surface area (Å²) in [6.45, 7) is 8.19. The van der Waals surface area contributed by atoms with E-state index < -0.39 is 10.0 Å². The molecule has 0 aromatic rings. The Hall–Kier alpha value is -0.130. The lowest BCUT2D eigenvalue weighted by Crippen LogP contribution is -2.45. The van der Waals surface area contributed by atoms with Gasteiger partial charge in [-0.05, 0) is 18.3 Å². The van der Waals surface area contributed by atoms with E-state index in [2.05, 4.69) is 20.8 Å². The molecule has 5 heteroatoms. The van der Waals surface area contributed by atoms with Gasteiger partial charge < -0.3 is 4.74 Å². The molecule has 0 aliphatic carbocycles. The highest BCUT2D eigenvalue weighted by atomic mass is 32.2. The van der Waals surface area contributed by atoms with Crippen molar-refractivity contribution >= 4 is 10.0 Å². The molecule has 1 heterocycles. The van der Waals surface area contributed by atoms with E-state index in [0.29, 0.717) is 25.1 Å². The molecule has 0 spiro atoms. The molecular weight excluding hydrogens is 238 g/mol. The van der Waals surface area contributed by atoms with Gasteiger partial charge in [0.2, 0.25) is 10.0 Å². The van der Waals surface area contributed by atoms with Crippen LogP contribution in [0.3, 0.4) is 0 Å². The van der Waals surface area contributed by atoms with Gasteiger partial charge in [-0.1, -0.05) is 27.2 Å². The lowest BCUT2D eigenvalue weighted by molar-refractivity contribution is -0.00754. The van der Waals surface area contributed by atoms with Crippen LogP contribution in [0.5, 0.6) is 0 Å². The third kappa shape index (κ3) is 5.84. The van der Waals surface area contributed by atoms with Crippen LogP contribution in [0.4, 0.5) is 0 Å². The third-order valence-corrected chi connectivity index (χ3v) is 4.29. The van der Waals surface area contributed by atoms with Gasteiger partial charge in [0.15, 0.2) is 0 Å². The van der Waals surface area contributed by atoms with E-state index in [1.54, 1.807) is 0 Å². The lowest BCUT2D eigenvalue weighted by Gasteiger charge is -2.31. The minimum absolute atomic E-state index is 0.0702. The molecule has 0 aromatic heterocycles. The number of morpholine rings is 1. The summed E-state index contributed by atoms with van der Waals surface area (Å²) >= 11 is 0. The maximum atomic E-state index is 11.4. The highest BCUT2D eigenvalue weighted by Gasteiger charge is 2.26. The number of rotatable bonds is 4. The summed E-state index contributed by atoms with van der Waals surface area (Å²) in [5.74, 6) is 0. The summed E-state index contributed by atoms with van der Waals surface area (Å²) in [5, 5.41) is 0. The van der Waals surface area contributed by atoms with Crippen LogP contribution < -0.4 is 0 Å².